The molecule has 146 valence electrons. The molecule has 1 unspecified atom stereocenters. The predicted octanol–water partition coefficient (Wildman–Crippen LogP) is 2.88. The van der Waals surface area contributed by atoms with Crippen molar-refractivity contribution in [3.8, 4) is 0 Å². The summed E-state index contributed by atoms with van der Waals surface area (Å²) in [6.45, 7) is 8.14. The number of rotatable bonds is 4. The van der Waals surface area contributed by atoms with E-state index in [-0.39, 0.29) is 0 Å². The molecule has 0 amide bonds. The quantitative estimate of drug-likeness (QED) is 0.739. The lowest BCUT2D eigenvalue weighted by atomic mass is 9.72. The van der Waals surface area contributed by atoms with Gasteiger partial charge >= 0.3 is 6.18 Å². The van der Waals surface area contributed by atoms with E-state index in [9.17, 15) is 13.2 Å². The minimum Gasteiger partial charge on any atom is -0.381 e. The maximum atomic E-state index is 12.8. The van der Waals surface area contributed by atoms with Crippen LogP contribution in [0.4, 0.5) is 13.2 Å². The number of hydrogen-bond acceptors (Lipinski definition) is 5. The molecule has 0 aliphatic carbocycles. The highest BCUT2D eigenvalue weighted by atomic mass is 32.2. The normalized spacial score (nSPS) is 25.9. The fourth-order valence-electron chi connectivity index (χ4n) is 4.37. The molecule has 26 heavy (non-hydrogen) atoms. The highest BCUT2D eigenvalue weighted by Gasteiger charge is 2.53. The van der Waals surface area contributed by atoms with Crippen LogP contribution in [0, 0.1) is 11.3 Å². The molecule has 0 bridgehead atoms. The summed E-state index contributed by atoms with van der Waals surface area (Å²) >= 11 is 1.38. The first-order valence-electron chi connectivity index (χ1n) is 9.12. The van der Waals surface area contributed by atoms with E-state index in [1.165, 1.54) is 16.6 Å². The van der Waals surface area contributed by atoms with Gasteiger partial charge in [-0.2, -0.15) is 18.3 Å². The van der Waals surface area contributed by atoms with Gasteiger partial charge in [0.15, 0.2) is 5.69 Å². The summed E-state index contributed by atoms with van der Waals surface area (Å²) < 4.78 is 47.2. The van der Waals surface area contributed by atoms with Crippen LogP contribution in [0.15, 0.2) is 11.1 Å². The number of ether oxygens (including phenoxy) is 1. The number of aryl methyl sites for hydroxylation is 1. The average molecular weight is 390 g/mol. The number of aromatic nitrogens is 2. The Hall–Kier alpha value is -0.770. The Bertz CT molecular complexity index is 645. The maximum Gasteiger partial charge on any atom is 0.435 e. The topological polar surface area (TPSA) is 33.5 Å². The monoisotopic (exact) mass is 390 g/mol. The van der Waals surface area contributed by atoms with E-state index in [1.54, 1.807) is 7.05 Å². The highest BCUT2D eigenvalue weighted by molar-refractivity contribution is 7.97. The van der Waals surface area contributed by atoms with Crippen LogP contribution in [-0.2, 0) is 18.0 Å². The van der Waals surface area contributed by atoms with Gasteiger partial charge in [-0.3, -0.25) is 9.58 Å². The van der Waals surface area contributed by atoms with Crippen molar-refractivity contribution in [2.24, 2.45) is 18.4 Å². The second-order valence-corrected chi connectivity index (χ2v) is 9.09. The van der Waals surface area contributed by atoms with E-state index < -0.39 is 11.9 Å². The second-order valence-electron chi connectivity index (χ2n) is 7.97. The van der Waals surface area contributed by atoms with Gasteiger partial charge in [0.1, 0.15) is 5.03 Å². The van der Waals surface area contributed by atoms with Crippen LogP contribution >= 0.6 is 11.9 Å². The molecule has 5 nitrogen and oxygen atoms in total. The van der Waals surface area contributed by atoms with Crippen molar-refractivity contribution in [2.75, 3.05) is 39.4 Å². The Morgan fingerprint density at radius 2 is 1.88 bits per heavy atom. The van der Waals surface area contributed by atoms with E-state index in [4.69, 9.17) is 4.74 Å². The fourth-order valence-corrected chi connectivity index (χ4v) is 5.64. The number of hydrogen-bond donors (Lipinski definition) is 0. The molecule has 4 rings (SSSR count). The summed E-state index contributed by atoms with van der Waals surface area (Å²) in [4.78, 5) is 2.56. The van der Waals surface area contributed by atoms with Crippen molar-refractivity contribution in [3.05, 3.63) is 11.8 Å². The Morgan fingerprint density at radius 3 is 2.46 bits per heavy atom. The zero-order valence-electron chi connectivity index (χ0n) is 15.1. The smallest absolute Gasteiger partial charge is 0.381 e. The first-order valence-corrected chi connectivity index (χ1v) is 9.89. The molecule has 9 heteroatoms. The molecule has 1 atom stereocenters. The average Bonchev–Trinajstić information content (AvgIpc) is 2.90. The van der Waals surface area contributed by atoms with Crippen LogP contribution in [0.2, 0.25) is 0 Å². The minimum atomic E-state index is -4.39. The number of nitrogens with zero attached hydrogens (tertiary/aromatic N) is 4. The molecule has 0 radical (unpaired) electrons. The zero-order valence-corrected chi connectivity index (χ0v) is 15.9. The minimum absolute atomic E-state index is 0.331. The first kappa shape index (κ1) is 18.6. The molecule has 3 aliphatic rings. The van der Waals surface area contributed by atoms with Crippen molar-refractivity contribution in [1.82, 2.24) is 19.0 Å². The van der Waals surface area contributed by atoms with Crippen LogP contribution < -0.4 is 0 Å². The van der Waals surface area contributed by atoms with Gasteiger partial charge in [0.25, 0.3) is 0 Å². The lowest BCUT2D eigenvalue weighted by Crippen LogP contribution is -2.72. The molecule has 1 aromatic heterocycles. The number of likely N-dealkylation sites (tertiary alicyclic amines) is 1. The van der Waals surface area contributed by atoms with Crippen molar-refractivity contribution in [2.45, 2.75) is 37.0 Å². The van der Waals surface area contributed by atoms with Crippen molar-refractivity contribution >= 4 is 11.9 Å². The van der Waals surface area contributed by atoms with Crippen LogP contribution in [0.3, 0.4) is 0 Å². The Balaban J connectivity index is 1.26. The second kappa shape index (κ2) is 6.68. The SMILES string of the molecule is CC(C1CCOCC1)N1CC2(CN(Sc3cc(C(F)(F)F)nn3C)C2)C1. The van der Waals surface area contributed by atoms with E-state index in [1.807, 2.05) is 0 Å². The van der Waals surface area contributed by atoms with Crippen LogP contribution in [0.1, 0.15) is 25.5 Å². The van der Waals surface area contributed by atoms with Crippen molar-refractivity contribution in [1.29, 1.82) is 0 Å². The van der Waals surface area contributed by atoms with E-state index in [2.05, 4.69) is 21.2 Å². The van der Waals surface area contributed by atoms with Gasteiger partial charge in [-0.15, -0.1) is 0 Å². The summed E-state index contributed by atoms with van der Waals surface area (Å²) in [5.41, 5.74) is -0.490. The molecular weight excluding hydrogens is 365 g/mol. The third-order valence-electron chi connectivity index (χ3n) is 5.97. The zero-order chi connectivity index (χ0) is 18.5. The maximum absolute atomic E-state index is 12.8. The fraction of sp³-hybridized carbons (Fsp3) is 0.824. The largest absolute Gasteiger partial charge is 0.435 e. The molecule has 3 saturated heterocycles. The number of halogens is 3. The molecule has 0 N–H and O–H groups in total. The van der Waals surface area contributed by atoms with Crippen molar-refractivity contribution < 1.29 is 17.9 Å². The summed E-state index contributed by atoms with van der Waals surface area (Å²) in [6.07, 6.45) is -2.09. The third kappa shape index (κ3) is 3.50. The van der Waals surface area contributed by atoms with Crippen LogP contribution in [-0.4, -0.2) is 64.4 Å². The molecule has 0 saturated carbocycles. The van der Waals surface area contributed by atoms with Crippen molar-refractivity contribution in [3.63, 3.8) is 0 Å². The molecule has 0 aromatic carbocycles. The summed E-state index contributed by atoms with van der Waals surface area (Å²) in [6, 6.07) is 1.73. The Kier molecular flexibility index (Phi) is 4.78. The molecule has 1 spiro atoms. The summed E-state index contributed by atoms with van der Waals surface area (Å²) in [7, 11) is 1.56. The standard InChI is InChI=1S/C17H25F3N4OS/c1-12(13-3-5-25-6-4-13)23-8-16(9-23)10-24(11-16)26-15-7-14(17(18,19)20)21-22(15)2/h7,12-13H,3-6,8-11H2,1-2H3. The molecule has 3 aliphatic heterocycles. The van der Waals surface area contributed by atoms with Crippen LogP contribution in [0.5, 0.6) is 0 Å². The molecular formula is C17H25F3N4OS. The van der Waals surface area contributed by atoms with E-state index in [0.29, 0.717) is 16.5 Å². The number of alkyl halides is 3. The van der Waals surface area contributed by atoms with Gasteiger partial charge < -0.3 is 4.74 Å². The van der Waals surface area contributed by atoms with E-state index in [0.717, 1.165) is 64.2 Å². The molecule has 4 heterocycles. The van der Waals surface area contributed by atoms with E-state index >= 15 is 0 Å². The van der Waals surface area contributed by atoms with Gasteiger partial charge in [-0.1, -0.05) is 0 Å². The van der Waals surface area contributed by atoms with Gasteiger partial charge in [-0.25, -0.2) is 4.31 Å². The van der Waals surface area contributed by atoms with Gasteiger partial charge in [0.2, 0.25) is 0 Å². The molecule has 1 aromatic rings. The third-order valence-corrected chi connectivity index (χ3v) is 7.06. The lowest BCUT2D eigenvalue weighted by Gasteiger charge is -2.62. The highest BCUT2D eigenvalue weighted by Crippen LogP contribution is 2.46. The summed E-state index contributed by atoms with van der Waals surface area (Å²) in [5.74, 6) is 0.724. The Labute approximate surface area is 156 Å². The predicted molar refractivity (Wildman–Crippen MR) is 92.7 cm³/mol. The lowest BCUT2D eigenvalue weighted by molar-refractivity contribution is -0.141. The van der Waals surface area contributed by atoms with Gasteiger partial charge in [0.05, 0.1) is 0 Å². The first-order chi connectivity index (χ1) is 12.3. The van der Waals surface area contributed by atoms with Gasteiger partial charge in [0, 0.05) is 64.0 Å². The summed E-state index contributed by atoms with van der Waals surface area (Å²) in [5, 5.41) is 4.12. The molecule has 3 fully saturated rings. The van der Waals surface area contributed by atoms with Gasteiger partial charge in [-0.05, 0) is 37.6 Å². The van der Waals surface area contributed by atoms with Crippen LogP contribution in [0.25, 0.3) is 0 Å². The Morgan fingerprint density at radius 1 is 1.23 bits per heavy atom.